The Labute approximate surface area is 99.1 Å². The third kappa shape index (κ3) is 2.61. The molecule has 1 fully saturated rings. The molecule has 2 rings (SSSR count). The number of thiophene rings is 1. The lowest BCUT2D eigenvalue weighted by Crippen LogP contribution is -2.49. The van der Waals surface area contributed by atoms with Crippen molar-refractivity contribution in [3.8, 4) is 0 Å². The number of β-amino-alcohol motifs (C(OH)–C–C–N with tert-alkyl or cyclic N) is 1. The zero-order chi connectivity index (χ0) is 11.4. The van der Waals surface area contributed by atoms with E-state index in [2.05, 4.69) is 4.90 Å². The molecule has 16 heavy (non-hydrogen) atoms. The summed E-state index contributed by atoms with van der Waals surface area (Å²) in [5.74, 6) is 0.130. The summed E-state index contributed by atoms with van der Waals surface area (Å²) >= 11 is 1.55. The van der Waals surface area contributed by atoms with Gasteiger partial charge in [-0.3, -0.25) is 9.69 Å². The van der Waals surface area contributed by atoms with E-state index in [1.54, 1.807) is 11.3 Å². The van der Waals surface area contributed by atoms with Crippen molar-refractivity contribution in [1.82, 2.24) is 9.80 Å². The van der Waals surface area contributed by atoms with E-state index in [1.807, 2.05) is 21.7 Å². The van der Waals surface area contributed by atoms with Gasteiger partial charge < -0.3 is 10.0 Å². The Kier molecular flexibility index (Phi) is 3.93. The monoisotopic (exact) mass is 240 g/mol. The van der Waals surface area contributed by atoms with Crippen molar-refractivity contribution < 1.29 is 9.90 Å². The minimum absolute atomic E-state index is 0.130. The number of piperazine rings is 1. The molecule has 88 valence electrons. The molecule has 1 aliphatic heterocycles. The van der Waals surface area contributed by atoms with Crippen LogP contribution in [0.1, 0.15) is 10.4 Å². The van der Waals surface area contributed by atoms with Crippen molar-refractivity contribution in [3.05, 3.63) is 22.4 Å². The van der Waals surface area contributed by atoms with Crippen LogP contribution in [0, 0.1) is 0 Å². The highest BCUT2D eigenvalue weighted by Gasteiger charge is 2.21. The number of hydrogen-bond acceptors (Lipinski definition) is 4. The first-order valence-corrected chi connectivity index (χ1v) is 6.40. The Morgan fingerprint density at radius 3 is 2.69 bits per heavy atom. The van der Waals surface area contributed by atoms with Crippen LogP contribution in [0.3, 0.4) is 0 Å². The van der Waals surface area contributed by atoms with Crippen LogP contribution in [0.4, 0.5) is 0 Å². The second-order valence-electron chi connectivity index (χ2n) is 3.87. The highest BCUT2D eigenvalue weighted by atomic mass is 32.1. The van der Waals surface area contributed by atoms with Gasteiger partial charge in [0.15, 0.2) is 0 Å². The van der Waals surface area contributed by atoms with Crippen LogP contribution in [0.15, 0.2) is 16.8 Å². The standard InChI is InChI=1S/C11H16N2O2S/c14-7-6-12-2-4-13(5-3-12)11(15)10-1-8-16-9-10/h1,8-9,14H,2-7H2. The molecule has 0 unspecified atom stereocenters. The largest absolute Gasteiger partial charge is 0.395 e. The normalized spacial score (nSPS) is 17.7. The van der Waals surface area contributed by atoms with Gasteiger partial charge in [-0.2, -0.15) is 11.3 Å². The predicted octanol–water partition coefficient (Wildman–Crippen LogP) is 0.498. The summed E-state index contributed by atoms with van der Waals surface area (Å²) in [7, 11) is 0. The summed E-state index contributed by atoms with van der Waals surface area (Å²) in [5.41, 5.74) is 0.792. The molecular formula is C11H16N2O2S. The molecule has 4 nitrogen and oxygen atoms in total. The molecule has 0 aliphatic carbocycles. The van der Waals surface area contributed by atoms with Gasteiger partial charge in [0, 0.05) is 38.1 Å². The summed E-state index contributed by atoms with van der Waals surface area (Å²) < 4.78 is 0. The number of carbonyl (C=O) groups excluding carboxylic acids is 1. The third-order valence-corrected chi connectivity index (χ3v) is 3.53. The zero-order valence-electron chi connectivity index (χ0n) is 9.13. The van der Waals surface area contributed by atoms with E-state index in [-0.39, 0.29) is 12.5 Å². The van der Waals surface area contributed by atoms with Crippen LogP contribution >= 0.6 is 11.3 Å². The summed E-state index contributed by atoms with van der Waals surface area (Å²) in [6, 6.07) is 1.87. The highest BCUT2D eigenvalue weighted by molar-refractivity contribution is 7.08. The van der Waals surface area contributed by atoms with Crippen molar-refractivity contribution in [2.45, 2.75) is 0 Å². The number of nitrogens with zero attached hydrogens (tertiary/aromatic N) is 2. The number of aliphatic hydroxyl groups is 1. The first kappa shape index (κ1) is 11.6. The summed E-state index contributed by atoms with van der Waals surface area (Å²) in [4.78, 5) is 16.1. The number of carbonyl (C=O) groups is 1. The van der Waals surface area contributed by atoms with Gasteiger partial charge in [0.05, 0.1) is 12.2 Å². The van der Waals surface area contributed by atoms with E-state index in [0.29, 0.717) is 6.54 Å². The van der Waals surface area contributed by atoms with E-state index in [1.165, 1.54) is 0 Å². The van der Waals surface area contributed by atoms with E-state index in [9.17, 15) is 4.79 Å². The molecule has 1 saturated heterocycles. The molecule has 0 aromatic carbocycles. The Balaban J connectivity index is 1.87. The van der Waals surface area contributed by atoms with Crippen LogP contribution in [0.25, 0.3) is 0 Å². The molecule has 0 bridgehead atoms. The van der Waals surface area contributed by atoms with Crippen molar-refractivity contribution >= 4 is 17.2 Å². The maximum Gasteiger partial charge on any atom is 0.254 e. The van der Waals surface area contributed by atoms with Crippen molar-refractivity contribution in [3.63, 3.8) is 0 Å². The average Bonchev–Trinajstić information content (AvgIpc) is 2.83. The summed E-state index contributed by atoms with van der Waals surface area (Å²) in [5, 5.41) is 12.6. The van der Waals surface area contributed by atoms with Crippen molar-refractivity contribution in [1.29, 1.82) is 0 Å². The fourth-order valence-corrected chi connectivity index (χ4v) is 2.51. The van der Waals surface area contributed by atoms with E-state index >= 15 is 0 Å². The fraction of sp³-hybridized carbons (Fsp3) is 0.545. The fourth-order valence-electron chi connectivity index (χ4n) is 1.88. The van der Waals surface area contributed by atoms with Gasteiger partial charge in [-0.1, -0.05) is 0 Å². The molecule has 1 aromatic heterocycles. The maximum absolute atomic E-state index is 12.0. The van der Waals surface area contributed by atoms with E-state index in [4.69, 9.17) is 5.11 Å². The minimum atomic E-state index is 0.130. The topological polar surface area (TPSA) is 43.8 Å². The summed E-state index contributed by atoms with van der Waals surface area (Å²) in [6.45, 7) is 4.13. The van der Waals surface area contributed by atoms with E-state index < -0.39 is 0 Å². The molecular weight excluding hydrogens is 224 g/mol. The van der Waals surface area contributed by atoms with Crippen molar-refractivity contribution in [2.75, 3.05) is 39.3 Å². The second kappa shape index (κ2) is 5.43. The molecule has 2 heterocycles. The number of amides is 1. The molecule has 1 aliphatic rings. The summed E-state index contributed by atoms with van der Waals surface area (Å²) in [6.07, 6.45) is 0. The van der Waals surface area contributed by atoms with Crippen LogP contribution in [0.5, 0.6) is 0 Å². The quantitative estimate of drug-likeness (QED) is 0.836. The first-order chi connectivity index (χ1) is 7.81. The van der Waals surface area contributed by atoms with Crippen LogP contribution < -0.4 is 0 Å². The molecule has 0 spiro atoms. The lowest BCUT2D eigenvalue weighted by Gasteiger charge is -2.34. The van der Waals surface area contributed by atoms with Gasteiger partial charge in [0.2, 0.25) is 0 Å². The Morgan fingerprint density at radius 1 is 1.38 bits per heavy atom. The van der Waals surface area contributed by atoms with Gasteiger partial charge in [-0.15, -0.1) is 0 Å². The minimum Gasteiger partial charge on any atom is -0.395 e. The maximum atomic E-state index is 12.0. The lowest BCUT2D eigenvalue weighted by molar-refractivity contribution is 0.0615. The van der Waals surface area contributed by atoms with Gasteiger partial charge in [-0.05, 0) is 11.4 Å². The number of rotatable bonds is 3. The van der Waals surface area contributed by atoms with Crippen LogP contribution in [0.2, 0.25) is 0 Å². The van der Waals surface area contributed by atoms with Gasteiger partial charge in [-0.25, -0.2) is 0 Å². The predicted molar refractivity (Wildman–Crippen MR) is 63.7 cm³/mol. The second-order valence-corrected chi connectivity index (χ2v) is 4.65. The van der Waals surface area contributed by atoms with E-state index in [0.717, 1.165) is 31.7 Å². The molecule has 0 radical (unpaired) electrons. The number of hydrogen-bond donors (Lipinski definition) is 1. The Morgan fingerprint density at radius 2 is 2.12 bits per heavy atom. The lowest BCUT2D eigenvalue weighted by atomic mass is 10.2. The highest BCUT2D eigenvalue weighted by Crippen LogP contribution is 2.11. The molecule has 1 amide bonds. The van der Waals surface area contributed by atoms with Crippen LogP contribution in [-0.4, -0.2) is 60.1 Å². The SMILES string of the molecule is O=C(c1ccsc1)N1CCN(CCO)CC1. The Bertz CT molecular complexity index is 332. The Hall–Kier alpha value is -0.910. The smallest absolute Gasteiger partial charge is 0.254 e. The first-order valence-electron chi connectivity index (χ1n) is 5.46. The molecule has 0 atom stereocenters. The molecule has 0 saturated carbocycles. The van der Waals surface area contributed by atoms with Crippen molar-refractivity contribution in [2.24, 2.45) is 0 Å². The average molecular weight is 240 g/mol. The van der Waals surface area contributed by atoms with Crippen LogP contribution in [-0.2, 0) is 0 Å². The van der Waals surface area contributed by atoms with Gasteiger partial charge in [0.25, 0.3) is 5.91 Å². The van der Waals surface area contributed by atoms with Gasteiger partial charge in [0.1, 0.15) is 0 Å². The van der Waals surface area contributed by atoms with Gasteiger partial charge >= 0.3 is 0 Å². The molecule has 5 heteroatoms. The number of aliphatic hydroxyl groups excluding tert-OH is 1. The zero-order valence-corrected chi connectivity index (χ0v) is 9.95. The third-order valence-electron chi connectivity index (χ3n) is 2.84. The molecule has 1 N–H and O–H groups in total. The molecule has 1 aromatic rings.